The van der Waals surface area contributed by atoms with Crippen molar-refractivity contribution in [2.75, 3.05) is 6.79 Å². The van der Waals surface area contributed by atoms with Gasteiger partial charge in [-0.25, -0.2) is 0 Å². The maximum Gasteiger partial charge on any atom is 0.262 e. The topological polar surface area (TPSA) is 76.3 Å². The van der Waals surface area contributed by atoms with E-state index in [1.165, 1.54) is 0 Å². The predicted octanol–water partition coefficient (Wildman–Crippen LogP) is 4.61. The fraction of sp³-hybridized carbons (Fsp3) is 0.200. The van der Waals surface area contributed by atoms with E-state index < -0.39 is 5.91 Å². The summed E-state index contributed by atoms with van der Waals surface area (Å²) in [7, 11) is 0. The van der Waals surface area contributed by atoms with Crippen molar-refractivity contribution in [1.29, 1.82) is 5.26 Å². The molecule has 0 fully saturated rings. The lowest BCUT2D eigenvalue weighted by Crippen LogP contribution is -2.27. The fourth-order valence-electron chi connectivity index (χ4n) is 3.76. The maximum atomic E-state index is 12.7. The van der Waals surface area contributed by atoms with Crippen molar-refractivity contribution < 1.29 is 14.3 Å². The molecular weight excluding hydrogens is 390 g/mol. The van der Waals surface area contributed by atoms with Gasteiger partial charge in [-0.2, -0.15) is 5.26 Å². The zero-order valence-corrected chi connectivity index (χ0v) is 17.7. The molecule has 0 radical (unpaired) electrons. The highest BCUT2D eigenvalue weighted by Gasteiger charge is 2.18. The van der Waals surface area contributed by atoms with Gasteiger partial charge in [-0.3, -0.25) is 4.79 Å². The second-order valence-corrected chi connectivity index (χ2v) is 7.48. The van der Waals surface area contributed by atoms with Crippen LogP contribution in [0.1, 0.15) is 35.5 Å². The number of rotatable bonds is 5. The van der Waals surface area contributed by atoms with Crippen molar-refractivity contribution in [2.24, 2.45) is 0 Å². The number of benzene rings is 2. The lowest BCUT2D eigenvalue weighted by Gasteiger charge is -2.13. The van der Waals surface area contributed by atoms with E-state index in [1.54, 1.807) is 6.08 Å². The summed E-state index contributed by atoms with van der Waals surface area (Å²) in [4.78, 5) is 12.7. The SMILES string of the molecule is Cc1cc(/C=C(\C#N)C(=O)N[C@H](C)c2ccccc2)c(C)n1-c1ccc2c(c1)OCO2. The molecule has 2 aromatic carbocycles. The Labute approximate surface area is 181 Å². The van der Waals surface area contributed by atoms with E-state index >= 15 is 0 Å². The first-order chi connectivity index (χ1) is 15.0. The Morgan fingerprint density at radius 3 is 2.61 bits per heavy atom. The monoisotopic (exact) mass is 413 g/mol. The lowest BCUT2D eigenvalue weighted by atomic mass is 10.1. The molecular formula is C25H23N3O3. The largest absolute Gasteiger partial charge is 0.454 e. The minimum absolute atomic E-state index is 0.0636. The molecule has 0 saturated carbocycles. The van der Waals surface area contributed by atoms with Crippen LogP contribution in [0.4, 0.5) is 0 Å². The molecule has 0 spiro atoms. The van der Waals surface area contributed by atoms with E-state index in [1.807, 2.05) is 81.4 Å². The number of hydrogen-bond donors (Lipinski definition) is 1. The Bertz CT molecular complexity index is 1200. The Kier molecular flexibility index (Phi) is 5.50. The van der Waals surface area contributed by atoms with Gasteiger partial charge in [-0.1, -0.05) is 30.3 Å². The van der Waals surface area contributed by atoms with Gasteiger partial charge in [-0.05, 0) is 56.2 Å². The van der Waals surface area contributed by atoms with Gasteiger partial charge in [0, 0.05) is 23.1 Å². The molecule has 0 saturated heterocycles. The van der Waals surface area contributed by atoms with Crippen LogP contribution in [0.5, 0.6) is 11.5 Å². The van der Waals surface area contributed by atoms with Crippen LogP contribution in [0.25, 0.3) is 11.8 Å². The van der Waals surface area contributed by atoms with Crippen molar-refractivity contribution in [3.05, 3.63) is 82.7 Å². The number of aryl methyl sites for hydroxylation is 1. The van der Waals surface area contributed by atoms with Crippen LogP contribution in [-0.4, -0.2) is 17.3 Å². The number of carbonyl (C=O) groups excluding carboxylic acids is 1. The maximum absolute atomic E-state index is 12.7. The number of aromatic nitrogens is 1. The van der Waals surface area contributed by atoms with Crippen molar-refractivity contribution in [1.82, 2.24) is 9.88 Å². The van der Waals surface area contributed by atoms with E-state index in [0.717, 1.165) is 34.0 Å². The normalized spacial score (nSPS) is 13.5. The minimum Gasteiger partial charge on any atom is -0.454 e. The first kappa shape index (κ1) is 20.3. The number of nitrogens with zero attached hydrogens (tertiary/aromatic N) is 2. The smallest absolute Gasteiger partial charge is 0.262 e. The molecule has 1 aliphatic heterocycles. The molecule has 1 atom stereocenters. The van der Waals surface area contributed by atoms with Gasteiger partial charge in [0.1, 0.15) is 11.6 Å². The van der Waals surface area contributed by atoms with Gasteiger partial charge in [0.2, 0.25) is 6.79 Å². The van der Waals surface area contributed by atoms with Crippen LogP contribution < -0.4 is 14.8 Å². The molecule has 1 amide bonds. The van der Waals surface area contributed by atoms with Crippen LogP contribution in [-0.2, 0) is 4.79 Å². The van der Waals surface area contributed by atoms with Crippen LogP contribution in [0.3, 0.4) is 0 Å². The second-order valence-electron chi connectivity index (χ2n) is 7.48. The summed E-state index contributed by atoms with van der Waals surface area (Å²) in [5.74, 6) is 1.03. The van der Waals surface area contributed by atoms with Gasteiger partial charge in [0.25, 0.3) is 5.91 Å². The molecule has 1 N–H and O–H groups in total. The summed E-state index contributed by atoms with van der Waals surface area (Å²) in [6, 6.07) is 19.2. The van der Waals surface area contributed by atoms with Crippen molar-refractivity contribution in [2.45, 2.75) is 26.8 Å². The zero-order valence-electron chi connectivity index (χ0n) is 17.7. The number of ether oxygens (including phenoxy) is 2. The summed E-state index contributed by atoms with van der Waals surface area (Å²) < 4.78 is 12.9. The van der Waals surface area contributed by atoms with Crippen LogP contribution >= 0.6 is 0 Å². The van der Waals surface area contributed by atoms with Gasteiger partial charge in [0.05, 0.1) is 6.04 Å². The molecule has 31 heavy (non-hydrogen) atoms. The number of nitrogens with one attached hydrogen (secondary N) is 1. The Morgan fingerprint density at radius 2 is 1.87 bits per heavy atom. The standard InChI is InChI=1S/C25H23N3O3/c1-16-11-20(18(3)28(16)22-9-10-23-24(13-22)31-15-30-23)12-21(14-26)25(29)27-17(2)19-7-5-4-6-8-19/h4-13,17H,15H2,1-3H3,(H,27,29)/b21-12+/t17-/m1/s1. The molecule has 0 unspecified atom stereocenters. The van der Waals surface area contributed by atoms with E-state index in [9.17, 15) is 10.1 Å². The number of fused-ring (bicyclic) bond motifs is 1. The van der Waals surface area contributed by atoms with Crippen LogP contribution in [0, 0.1) is 25.2 Å². The third-order valence-electron chi connectivity index (χ3n) is 5.40. The lowest BCUT2D eigenvalue weighted by molar-refractivity contribution is -0.117. The Balaban J connectivity index is 1.61. The van der Waals surface area contributed by atoms with E-state index in [0.29, 0.717) is 5.75 Å². The molecule has 6 heteroatoms. The van der Waals surface area contributed by atoms with Crippen molar-refractivity contribution in [3.63, 3.8) is 0 Å². The quantitative estimate of drug-likeness (QED) is 0.490. The molecule has 3 aromatic rings. The molecule has 0 aliphatic carbocycles. The third kappa shape index (κ3) is 4.03. The van der Waals surface area contributed by atoms with Crippen molar-refractivity contribution in [3.8, 4) is 23.3 Å². The Hall–Kier alpha value is -3.98. The van der Waals surface area contributed by atoms with Gasteiger partial charge >= 0.3 is 0 Å². The zero-order chi connectivity index (χ0) is 22.0. The number of amides is 1. The molecule has 1 aliphatic rings. The van der Waals surface area contributed by atoms with E-state index in [2.05, 4.69) is 9.88 Å². The van der Waals surface area contributed by atoms with Gasteiger partial charge in [0.15, 0.2) is 11.5 Å². The van der Waals surface area contributed by atoms with Crippen LogP contribution in [0.2, 0.25) is 0 Å². The third-order valence-corrected chi connectivity index (χ3v) is 5.40. The average Bonchev–Trinajstić information content (AvgIpc) is 3.35. The van der Waals surface area contributed by atoms with Crippen molar-refractivity contribution >= 4 is 12.0 Å². The highest BCUT2D eigenvalue weighted by molar-refractivity contribution is 6.02. The highest BCUT2D eigenvalue weighted by atomic mass is 16.7. The molecule has 1 aromatic heterocycles. The molecule has 156 valence electrons. The molecule has 4 rings (SSSR count). The highest BCUT2D eigenvalue weighted by Crippen LogP contribution is 2.35. The first-order valence-corrected chi connectivity index (χ1v) is 10.0. The summed E-state index contributed by atoms with van der Waals surface area (Å²) >= 11 is 0. The number of carbonyl (C=O) groups is 1. The summed E-state index contributed by atoms with van der Waals surface area (Å²) in [6.45, 7) is 6.06. The summed E-state index contributed by atoms with van der Waals surface area (Å²) in [6.07, 6.45) is 1.64. The number of hydrogen-bond acceptors (Lipinski definition) is 4. The van der Waals surface area contributed by atoms with Crippen LogP contribution in [0.15, 0.2) is 60.2 Å². The predicted molar refractivity (Wildman–Crippen MR) is 118 cm³/mol. The van der Waals surface area contributed by atoms with E-state index in [-0.39, 0.29) is 18.4 Å². The summed E-state index contributed by atoms with van der Waals surface area (Å²) in [5.41, 5.74) is 4.70. The van der Waals surface area contributed by atoms with Gasteiger partial charge in [-0.15, -0.1) is 0 Å². The second kappa shape index (κ2) is 8.41. The van der Waals surface area contributed by atoms with Gasteiger partial charge < -0.3 is 19.4 Å². The number of nitriles is 1. The molecule has 6 nitrogen and oxygen atoms in total. The fourth-order valence-corrected chi connectivity index (χ4v) is 3.76. The summed E-state index contributed by atoms with van der Waals surface area (Å²) in [5, 5.41) is 12.5. The first-order valence-electron chi connectivity index (χ1n) is 10.0. The minimum atomic E-state index is -0.397. The molecule has 0 bridgehead atoms. The van der Waals surface area contributed by atoms with E-state index in [4.69, 9.17) is 9.47 Å². The Morgan fingerprint density at radius 1 is 1.13 bits per heavy atom. The average molecular weight is 413 g/mol. The molecule has 2 heterocycles.